The Bertz CT molecular complexity index is 915. The summed E-state index contributed by atoms with van der Waals surface area (Å²) in [5.74, 6) is -0.250. The van der Waals surface area contributed by atoms with E-state index in [1.165, 1.54) is 18.2 Å². The molecule has 0 aliphatic heterocycles. The smallest absolute Gasteiger partial charge is 0.249 e. The molecule has 0 fully saturated rings. The Labute approximate surface area is 132 Å². The number of aliphatic hydroxyl groups is 1. The first-order valence-electron chi connectivity index (χ1n) is 7.44. The van der Waals surface area contributed by atoms with E-state index in [1.54, 1.807) is 18.2 Å². The van der Waals surface area contributed by atoms with Gasteiger partial charge in [-0.2, -0.15) is 0 Å². The summed E-state index contributed by atoms with van der Waals surface area (Å²) in [6, 6.07) is 9.19. The predicted molar refractivity (Wildman–Crippen MR) is 87.8 cm³/mol. The van der Waals surface area contributed by atoms with Gasteiger partial charge in [0, 0.05) is 17.0 Å². The topological polar surface area (TPSA) is 66.0 Å². The first-order valence-corrected chi connectivity index (χ1v) is 7.44. The number of hydrogen-bond donors (Lipinski definition) is 2. The highest BCUT2D eigenvalue weighted by atomic mass is 19.1. The summed E-state index contributed by atoms with van der Waals surface area (Å²) in [7, 11) is 0. The number of aromatic nitrogens is 2. The van der Waals surface area contributed by atoms with Crippen molar-refractivity contribution >= 4 is 11.0 Å². The average Bonchev–Trinajstić information content (AvgIpc) is 2.53. The molecular weight excluding hydrogens is 295 g/mol. The number of halogens is 1. The molecule has 0 spiro atoms. The van der Waals surface area contributed by atoms with Gasteiger partial charge in [0.15, 0.2) is 0 Å². The number of aromatic amines is 1. The largest absolute Gasteiger partial charge is 0.392 e. The van der Waals surface area contributed by atoms with Gasteiger partial charge in [0.1, 0.15) is 11.5 Å². The Hall–Kier alpha value is -2.53. The van der Waals surface area contributed by atoms with Crippen LogP contribution < -0.4 is 5.56 Å². The lowest BCUT2D eigenvalue weighted by molar-refractivity contribution is 0.280. The number of fused-ring (bicyclic) bond motifs is 1. The van der Waals surface area contributed by atoms with Crippen LogP contribution in [0.4, 0.5) is 4.39 Å². The molecule has 0 saturated carbocycles. The molecule has 0 unspecified atom stereocenters. The fourth-order valence-corrected chi connectivity index (χ4v) is 2.82. The Morgan fingerprint density at radius 3 is 2.48 bits per heavy atom. The minimum Gasteiger partial charge on any atom is -0.392 e. The lowest BCUT2D eigenvalue weighted by atomic mass is 9.92. The van der Waals surface area contributed by atoms with Crippen molar-refractivity contribution in [1.29, 1.82) is 0 Å². The van der Waals surface area contributed by atoms with E-state index in [2.05, 4.69) is 9.97 Å². The Kier molecular flexibility index (Phi) is 3.96. The van der Waals surface area contributed by atoms with Crippen molar-refractivity contribution in [3.05, 3.63) is 63.8 Å². The standard InChI is InChI=1S/C18H17FN2O2/c1-10(2)17-14(9-22)16(11-3-5-12(19)6-4-11)13-7-8-15(23)20-18(13)21-17/h3-8,10,22H,9H2,1-2H3,(H,20,21,23). The lowest BCUT2D eigenvalue weighted by Gasteiger charge is -2.17. The third-order valence-electron chi connectivity index (χ3n) is 3.85. The normalized spacial score (nSPS) is 11.3. The second-order valence-corrected chi connectivity index (χ2v) is 5.76. The minimum atomic E-state index is -0.324. The van der Waals surface area contributed by atoms with Crippen LogP contribution in [0.1, 0.15) is 31.0 Å². The van der Waals surface area contributed by atoms with Gasteiger partial charge in [-0.25, -0.2) is 9.37 Å². The number of H-pyrrole nitrogens is 1. The van der Waals surface area contributed by atoms with Crippen molar-refractivity contribution in [2.24, 2.45) is 0 Å². The average molecular weight is 312 g/mol. The van der Waals surface area contributed by atoms with E-state index in [0.29, 0.717) is 11.2 Å². The molecule has 5 heteroatoms. The second kappa shape index (κ2) is 5.93. The third-order valence-corrected chi connectivity index (χ3v) is 3.85. The zero-order chi connectivity index (χ0) is 16.6. The number of rotatable bonds is 3. The summed E-state index contributed by atoms with van der Waals surface area (Å²) < 4.78 is 13.2. The first-order chi connectivity index (χ1) is 11.0. The monoisotopic (exact) mass is 312 g/mol. The van der Waals surface area contributed by atoms with Crippen LogP contribution >= 0.6 is 0 Å². The Morgan fingerprint density at radius 2 is 1.87 bits per heavy atom. The lowest BCUT2D eigenvalue weighted by Crippen LogP contribution is -2.09. The molecule has 0 amide bonds. The number of nitrogens with one attached hydrogen (secondary N) is 1. The highest BCUT2D eigenvalue weighted by Gasteiger charge is 2.18. The maximum Gasteiger partial charge on any atom is 0.249 e. The fourth-order valence-electron chi connectivity index (χ4n) is 2.82. The van der Waals surface area contributed by atoms with Gasteiger partial charge in [-0.1, -0.05) is 26.0 Å². The molecule has 23 heavy (non-hydrogen) atoms. The van der Waals surface area contributed by atoms with E-state index in [4.69, 9.17) is 0 Å². The summed E-state index contributed by atoms with van der Waals surface area (Å²) in [5, 5.41) is 10.6. The molecule has 2 aromatic heterocycles. The SMILES string of the molecule is CC(C)c1nc2[nH]c(=O)ccc2c(-c2ccc(F)cc2)c1CO. The second-order valence-electron chi connectivity index (χ2n) is 5.76. The van der Waals surface area contributed by atoms with Crippen molar-refractivity contribution in [3.63, 3.8) is 0 Å². The van der Waals surface area contributed by atoms with E-state index in [-0.39, 0.29) is 23.9 Å². The van der Waals surface area contributed by atoms with Crippen LogP contribution in [0.15, 0.2) is 41.2 Å². The van der Waals surface area contributed by atoms with Crippen molar-refractivity contribution in [1.82, 2.24) is 9.97 Å². The number of pyridine rings is 2. The summed E-state index contributed by atoms with van der Waals surface area (Å²) in [5.41, 5.74) is 3.21. The summed E-state index contributed by atoms with van der Waals surface area (Å²) in [6.07, 6.45) is 0. The summed E-state index contributed by atoms with van der Waals surface area (Å²) in [6.45, 7) is 3.77. The van der Waals surface area contributed by atoms with Crippen LogP contribution in [0.3, 0.4) is 0 Å². The highest BCUT2D eigenvalue weighted by Crippen LogP contribution is 2.34. The molecule has 0 aliphatic carbocycles. The van der Waals surface area contributed by atoms with Crippen molar-refractivity contribution < 1.29 is 9.50 Å². The predicted octanol–water partition coefficient (Wildman–Crippen LogP) is 3.34. The molecule has 0 radical (unpaired) electrons. The minimum absolute atomic E-state index is 0.0736. The molecule has 118 valence electrons. The van der Waals surface area contributed by atoms with Crippen molar-refractivity contribution in [2.75, 3.05) is 0 Å². The van der Waals surface area contributed by atoms with E-state index in [1.807, 2.05) is 13.8 Å². The summed E-state index contributed by atoms with van der Waals surface area (Å²) in [4.78, 5) is 18.9. The van der Waals surface area contributed by atoms with Gasteiger partial charge in [-0.3, -0.25) is 4.79 Å². The Morgan fingerprint density at radius 1 is 1.17 bits per heavy atom. The number of aliphatic hydroxyl groups excluding tert-OH is 1. The van der Waals surface area contributed by atoms with Crippen LogP contribution in [0.5, 0.6) is 0 Å². The molecule has 3 rings (SSSR count). The maximum atomic E-state index is 13.2. The van der Waals surface area contributed by atoms with Gasteiger partial charge in [0.25, 0.3) is 0 Å². The molecule has 0 atom stereocenters. The van der Waals surface area contributed by atoms with Crippen LogP contribution in [-0.4, -0.2) is 15.1 Å². The van der Waals surface area contributed by atoms with Gasteiger partial charge in [-0.15, -0.1) is 0 Å². The molecular formula is C18H17FN2O2. The molecule has 4 nitrogen and oxygen atoms in total. The van der Waals surface area contributed by atoms with Crippen molar-refractivity contribution in [3.8, 4) is 11.1 Å². The van der Waals surface area contributed by atoms with E-state index >= 15 is 0 Å². The van der Waals surface area contributed by atoms with Crippen LogP contribution in [0, 0.1) is 5.82 Å². The number of hydrogen-bond acceptors (Lipinski definition) is 3. The van der Waals surface area contributed by atoms with Crippen LogP contribution in [0.2, 0.25) is 0 Å². The van der Waals surface area contributed by atoms with Gasteiger partial charge < -0.3 is 10.1 Å². The number of benzene rings is 1. The molecule has 0 saturated heterocycles. The molecule has 0 aliphatic rings. The van der Waals surface area contributed by atoms with Gasteiger partial charge in [0.05, 0.1) is 12.3 Å². The molecule has 0 bridgehead atoms. The molecule has 2 N–H and O–H groups in total. The fraction of sp³-hybridized carbons (Fsp3) is 0.222. The van der Waals surface area contributed by atoms with E-state index in [0.717, 1.165) is 22.2 Å². The van der Waals surface area contributed by atoms with Gasteiger partial charge in [0.2, 0.25) is 5.56 Å². The Balaban J connectivity index is 2.44. The molecule has 3 aromatic rings. The van der Waals surface area contributed by atoms with Crippen LogP contribution in [0.25, 0.3) is 22.2 Å². The zero-order valence-corrected chi connectivity index (χ0v) is 12.9. The number of nitrogens with zero attached hydrogens (tertiary/aromatic N) is 1. The quantitative estimate of drug-likeness (QED) is 0.779. The summed E-state index contributed by atoms with van der Waals surface area (Å²) >= 11 is 0. The third kappa shape index (κ3) is 2.75. The molecule has 1 aromatic carbocycles. The maximum absolute atomic E-state index is 13.2. The van der Waals surface area contributed by atoms with E-state index < -0.39 is 0 Å². The van der Waals surface area contributed by atoms with Gasteiger partial charge in [-0.05, 0) is 35.2 Å². The first kappa shape index (κ1) is 15.4. The van der Waals surface area contributed by atoms with E-state index in [9.17, 15) is 14.3 Å². The van der Waals surface area contributed by atoms with Gasteiger partial charge >= 0.3 is 0 Å². The van der Waals surface area contributed by atoms with Crippen molar-refractivity contribution in [2.45, 2.75) is 26.4 Å². The highest BCUT2D eigenvalue weighted by molar-refractivity contribution is 5.94. The van der Waals surface area contributed by atoms with Crippen LogP contribution in [-0.2, 0) is 6.61 Å². The zero-order valence-electron chi connectivity index (χ0n) is 12.9. The molecule has 2 heterocycles.